The quantitative estimate of drug-likeness (QED) is 0.819. The number of rotatable bonds is 5. The number of nitrogens with one attached hydrogen (secondary N) is 1. The van der Waals surface area contributed by atoms with Crippen LogP contribution < -0.4 is 5.32 Å². The van der Waals surface area contributed by atoms with Gasteiger partial charge in [-0.2, -0.15) is 0 Å². The number of hydrogen-bond donors (Lipinski definition) is 1. The molecule has 1 aliphatic heterocycles. The highest BCUT2D eigenvalue weighted by molar-refractivity contribution is 4.80. The summed E-state index contributed by atoms with van der Waals surface area (Å²) in [5, 5.41) is 3.89. The molecule has 1 saturated carbocycles. The molecule has 2 rings (SSSR count). The molecule has 2 aliphatic rings. The summed E-state index contributed by atoms with van der Waals surface area (Å²) in [6.45, 7) is 8.61. The van der Waals surface area contributed by atoms with E-state index in [4.69, 9.17) is 0 Å². The van der Waals surface area contributed by atoms with E-state index in [1.165, 1.54) is 64.6 Å². The van der Waals surface area contributed by atoms with Crippen LogP contribution in [0.25, 0.3) is 0 Å². The molecule has 0 aromatic carbocycles. The van der Waals surface area contributed by atoms with E-state index >= 15 is 0 Å². The zero-order chi connectivity index (χ0) is 13.7. The van der Waals surface area contributed by atoms with Crippen molar-refractivity contribution in [3.05, 3.63) is 0 Å². The van der Waals surface area contributed by atoms with E-state index in [9.17, 15) is 0 Å². The minimum atomic E-state index is 0.817. The fraction of sp³-hybridized carbons (Fsp3) is 1.00. The second kappa shape index (κ2) is 7.64. The van der Waals surface area contributed by atoms with Gasteiger partial charge in [-0.15, -0.1) is 0 Å². The Kier molecular flexibility index (Phi) is 6.15. The van der Waals surface area contributed by atoms with Gasteiger partial charge in [0.05, 0.1) is 0 Å². The van der Waals surface area contributed by atoms with Crippen molar-refractivity contribution < 1.29 is 0 Å². The SMILES string of the molecule is CC(C)CC1CCCC(NCC2CCN(C)CC2)C1. The number of piperidine rings is 1. The molecule has 0 aromatic heterocycles. The third kappa shape index (κ3) is 5.43. The molecule has 19 heavy (non-hydrogen) atoms. The Hall–Kier alpha value is -0.0800. The summed E-state index contributed by atoms with van der Waals surface area (Å²) in [5.74, 6) is 2.79. The number of nitrogens with zero attached hydrogens (tertiary/aromatic N) is 1. The maximum Gasteiger partial charge on any atom is 0.00698 e. The van der Waals surface area contributed by atoms with Gasteiger partial charge in [0.15, 0.2) is 0 Å². The molecule has 1 N–H and O–H groups in total. The van der Waals surface area contributed by atoms with Gasteiger partial charge in [0.1, 0.15) is 0 Å². The van der Waals surface area contributed by atoms with E-state index in [0.717, 1.165) is 23.8 Å². The number of hydrogen-bond acceptors (Lipinski definition) is 2. The molecule has 1 heterocycles. The van der Waals surface area contributed by atoms with E-state index in [-0.39, 0.29) is 0 Å². The molecule has 2 nitrogen and oxygen atoms in total. The lowest BCUT2D eigenvalue weighted by Crippen LogP contribution is -2.40. The van der Waals surface area contributed by atoms with E-state index in [0.29, 0.717) is 0 Å². The fourth-order valence-corrected chi connectivity index (χ4v) is 3.96. The lowest BCUT2D eigenvalue weighted by atomic mass is 9.81. The van der Waals surface area contributed by atoms with Crippen LogP contribution in [0.15, 0.2) is 0 Å². The Labute approximate surface area is 120 Å². The first kappa shape index (κ1) is 15.3. The lowest BCUT2D eigenvalue weighted by molar-refractivity contribution is 0.198. The van der Waals surface area contributed by atoms with Gasteiger partial charge in [-0.05, 0) is 76.5 Å². The standard InChI is InChI=1S/C17H34N2/c1-14(2)11-16-5-4-6-17(12-16)18-13-15-7-9-19(3)10-8-15/h14-18H,4-13H2,1-3H3. The van der Waals surface area contributed by atoms with Crippen LogP contribution in [0.1, 0.15) is 58.8 Å². The van der Waals surface area contributed by atoms with Crippen molar-refractivity contribution in [1.82, 2.24) is 10.2 Å². The first-order valence-electron chi connectivity index (χ1n) is 8.55. The third-order valence-electron chi connectivity index (χ3n) is 5.12. The van der Waals surface area contributed by atoms with Crippen molar-refractivity contribution in [2.45, 2.75) is 64.8 Å². The molecule has 0 amide bonds. The zero-order valence-corrected chi connectivity index (χ0v) is 13.3. The Bertz CT molecular complexity index is 244. The molecule has 0 radical (unpaired) electrons. The highest BCUT2D eigenvalue weighted by Gasteiger charge is 2.23. The van der Waals surface area contributed by atoms with Crippen LogP contribution >= 0.6 is 0 Å². The van der Waals surface area contributed by atoms with Crippen LogP contribution in [-0.4, -0.2) is 37.6 Å². The molecule has 1 aliphatic carbocycles. The number of likely N-dealkylation sites (tertiary alicyclic amines) is 1. The molecule has 2 fully saturated rings. The van der Waals surface area contributed by atoms with Crippen molar-refractivity contribution in [1.29, 1.82) is 0 Å². The summed E-state index contributed by atoms with van der Waals surface area (Å²) in [4.78, 5) is 2.47. The summed E-state index contributed by atoms with van der Waals surface area (Å²) in [5.41, 5.74) is 0. The monoisotopic (exact) mass is 266 g/mol. The minimum absolute atomic E-state index is 0.817. The van der Waals surface area contributed by atoms with Gasteiger partial charge >= 0.3 is 0 Å². The molecule has 0 bridgehead atoms. The average molecular weight is 266 g/mol. The minimum Gasteiger partial charge on any atom is -0.314 e. The third-order valence-corrected chi connectivity index (χ3v) is 5.12. The van der Waals surface area contributed by atoms with Crippen molar-refractivity contribution in [2.75, 3.05) is 26.7 Å². The highest BCUT2D eigenvalue weighted by atomic mass is 15.1. The smallest absolute Gasteiger partial charge is 0.00698 e. The van der Waals surface area contributed by atoms with Crippen LogP contribution in [0.5, 0.6) is 0 Å². The molecule has 2 heteroatoms. The summed E-state index contributed by atoms with van der Waals surface area (Å²) >= 11 is 0. The second-order valence-corrected chi connectivity index (χ2v) is 7.51. The van der Waals surface area contributed by atoms with Crippen LogP contribution in [-0.2, 0) is 0 Å². The van der Waals surface area contributed by atoms with Gasteiger partial charge in [-0.1, -0.05) is 26.7 Å². The van der Waals surface area contributed by atoms with Crippen LogP contribution in [0.2, 0.25) is 0 Å². The van der Waals surface area contributed by atoms with Crippen LogP contribution in [0.4, 0.5) is 0 Å². The van der Waals surface area contributed by atoms with Gasteiger partial charge in [0.25, 0.3) is 0 Å². The lowest BCUT2D eigenvalue weighted by Gasteiger charge is -2.34. The summed E-state index contributed by atoms with van der Waals surface area (Å²) in [6.07, 6.45) is 10.0. The maximum atomic E-state index is 3.89. The van der Waals surface area contributed by atoms with Crippen LogP contribution in [0, 0.1) is 17.8 Å². The molecular formula is C17H34N2. The molecule has 1 saturated heterocycles. The molecule has 2 atom stereocenters. The van der Waals surface area contributed by atoms with E-state index in [2.05, 4.69) is 31.1 Å². The van der Waals surface area contributed by atoms with Crippen molar-refractivity contribution in [3.8, 4) is 0 Å². The Morgan fingerprint density at radius 3 is 2.47 bits per heavy atom. The van der Waals surface area contributed by atoms with Gasteiger partial charge < -0.3 is 10.2 Å². The molecule has 2 unspecified atom stereocenters. The average Bonchev–Trinajstić information content (AvgIpc) is 2.38. The topological polar surface area (TPSA) is 15.3 Å². The van der Waals surface area contributed by atoms with Crippen LogP contribution in [0.3, 0.4) is 0 Å². The van der Waals surface area contributed by atoms with Crippen molar-refractivity contribution in [3.63, 3.8) is 0 Å². The molecule has 0 spiro atoms. The first-order chi connectivity index (χ1) is 9.13. The Morgan fingerprint density at radius 1 is 1.05 bits per heavy atom. The first-order valence-corrected chi connectivity index (χ1v) is 8.55. The Balaban J connectivity index is 1.65. The predicted molar refractivity (Wildman–Crippen MR) is 83.4 cm³/mol. The maximum absolute atomic E-state index is 3.89. The molecule has 112 valence electrons. The van der Waals surface area contributed by atoms with E-state index < -0.39 is 0 Å². The Morgan fingerprint density at radius 2 is 1.79 bits per heavy atom. The van der Waals surface area contributed by atoms with Crippen molar-refractivity contribution >= 4 is 0 Å². The highest BCUT2D eigenvalue weighted by Crippen LogP contribution is 2.29. The van der Waals surface area contributed by atoms with E-state index in [1.54, 1.807) is 0 Å². The van der Waals surface area contributed by atoms with Gasteiger partial charge in [0, 0.05) is 6.04 Å². The van der Waals surface area contributed by atoms with Crippen molar-refractivity contribution in [2.24, 2.45) is 17.8 Å². The molecular weight excluding hydrogens is 232 g/mol. The van der Waals surface area contributed by atoms with Gasteiger partial charge in [-0.25, -0.2) is 0 Å². The zero-order valence-electron chi connectivity index (χ0n) is 13.3. The largest absolute Gasteiger partial charge is 0.314 e. The summed E-state index contributed by atoms with van der Waals surface area (Å²) < 4.78 is 0. The van der Waals surface area contributed by atoms with Gasteiger partial charge in [-0.3, -0.25) is 0 Å². The van der Waals surface area contributed by atoms with E-state index in [1.807, 2.05) is 0 Å². The summed E-state index contributed by atoms with van der Waals surface area (Å²) in [7, 11) is 2.25. The summed E-state index contributed by atoms with van der Waals surface area (Å²) in [6, 6.07) is 0.817. The van der Waals surface area contributed by atoms with Gasteiger partial charge in [0.2, 0.25) is 0 Å². The predicted octanol–water partition coefficient (Wildman–Crippen LogP) is 3.52. The molecule has 0 aromatic rings. The second-order valence-electron chi connectivity index (χ2n) is 7.51. The normalized spacial score (nSPS) is 30.9. The fourth-order valence-electron chi connectivity index (χ4n) is 3.96.